The number of para-hydroxylation sites is 1. The number of hydrogen-bond donors (Lipinski definition) is 0. The minimum Gasteiger partial charge on any atom is -0.341 e. The summed E-state index contributed by atoms with van der Waals surface area (Å²) >= 11 is 0. The predicted molar refractivity (Wildman–Crippen MR) is 86.9 cm³/mol. The molecule has 22 heavy (non-hydrogen) atoms. The predicted octanol–water partition coefficient (Wildman–Crippen LogP) is 2.71. The number of benzene rings is 1. The Labute approximate surface area is 132 Å². The van der Waals surface area contributed by atoms with Crippen LogP contribution in [0.2, 0.25) is 0 Å². The van der Waals surface area contributed by atoms with Crippen LogP contribution in [0.25, 0.3) is 0 Å². The molecule has 1 saturated heterocycles. The summed E-state index contributed by atoms with van der Waals surface area (Å²) in [6, 6.07) is 7.81. The first-order chi connectivity index (χ1) is 10.5. The van der Waals surface area contributed by atoms with Gasteiger partial charge in [0.15, 0.2) is 0 Å². The van der Waals surface area contributed by atoms with E-state index in [1.807, 2.05) is 43.0 Å². The van der Waals surface area contributed by atoms with E-state index in [4.69, 9.17) is 0 Å². The zero-order valence-corrected chi connectivity index (χ0v) is 13.5. The van der Waals surface area contributed by atoms with Gasteiger partial charge in [-0.15, -0.1) is 0 Å². The molecule has 0 N–H and O–H groups in total. The van der Waals surface area contributed by atoms with Crippen LogP contribution < -0.4 is 4.90 Å². The lowest BCUT2D eigenvalue weighted by Gasteiger charge is -2.25. The molecule has 1 aromatic carbocycles. The van der Waals surface area contributed by atoms with E-state index in [-0.39, 0.29) is 18.4 Å². The molecular formula is C18H24N2O2. The van der Waals surface area contributed by atoms with Crippen molar-refractivity contribution in [1.29, 1.82) is 0 Å². The highest BCUT2D eigenvalue weighted by Crippen LogP contribution is 2.41. The Balaban J connectivity index is 1.80. The number of amides is 2. The van der Waals surface area contributed by atoms with Gasteiger partial charge in [0.05, 0.1) is 5.41 Å². The third-order valence-corrected chi connectivity index (χ3v) is 4.90. The van der Waals surface area contributed by atoms with Crippen molar-refractivity contribution in [3.05, 3.63) is 29.8 Å². The number of anilines is 1. The lowest BCUT2D eigenvalue weighted by atomic mass is 9.86. The summed E-state index contributed by atoms with van der Waals surface area (Å²) in [4.78, 5) is 28.9. The smallest absolute Gasteiger partial charge is 0.242 e. The highest BCUT2D eigenvalue weighted by molar-refractivity contribution is 6.10. The molecule has 3 rings (SSSR count). The molecule has 2 amide bonds. The molecular weight excluding hydrogens is 276 g/mol. The molecule has 118 valence electrons. The Hall–Kier alpha value is -1.84. The first-order valence-electron chi connectivity index (χ1n) is 8.21. The van der Waals surface area contributed by atoms with Crippen LogP contribution in [0, 0.1) is 0 Å². The highest BCUT2D eigenvalue weighted by Gasteiger charge is 2.44. The van der Waals surface area contributed by atoms with Crippen LogP contribution in [0.3, 0.4) is 0 Å². The van der Waals surface area contributed by atoms with Gasteiger partial charge in [-0.25, -0.2) is 0 Å². The summed E-state index contributed by atoms with van der Waals surface area (Å²) in [5, 5.41) is 0. The van der Waals surface area contributed by atoms with Gasteiger partial charge in [-0.3, -0.25) is 9.59 Å². The fourth-order valence-electron chi connectivity index (χ4n) is 3.51. The van der Waals surface area contributed by atoms with Gasteiger partial charge in [0, 0.05) is 18.8 Å². The molecule has 2 aliphatic rings. The third-order valence-electron chi connectivity index (χ3n) is 4.90. The van der Waals surface area contributed by atoms with Gasteiger partial charge in [-0.2, -0.15) is 0 Å². The van der Waals surface area contributed by atoms with Gasteiger partial charge >= 0.3 is 0 Å². The summed E-state index contributed by atoms with van der Waals surface area (Å²) < 4.78 is 0. The second-order valence-electron chi connectivity index (χ2n) is 6.83. The fraction of sp³-hybridized carbons (Fsp3) is 0.556. The van der Waals surface area contributed by atoms with Gasteiger partial charge in [-0.1, -0.05) is 31.0 Å². The summed E-state index contributed by atoms with van der Waals surface area (Å²) in [6.45, 7) is 5.69. The molecule has 0 atom stereocenters. The SMILES string of the molecule is CC1(C)C(=O)N(CC(=O)N2CCCCCC2)c2ccccc21. The van der Waals surface area contributed by atoms with Crippen LogP contribution in [0.1, 0.15) is 45.1 Å². The van der Waals surface area contributed by atoms with Crippen LogP contribution in [0.15, 0.2) is 24.3 Å². The lowest BCUT2D eigenvalue weighted by molar-refractivity contribution is -0.131. The van der Waals surface area contributed by atoms with Crippen molar-refractivity contribution in [2.24, 2.45) is 0 Å². The lowest BCUT2D eigenvalue weighted by Crippen LogP contribution is -2.44. The van der Waals surface area contributed by atoms with Crippen LogP contribution in [0.5, 0.6) is 0 Å². The van der Waals surface area contributed by atoms with Crippen LogP contribution >= 0.6 is 0 Å². The molecule has 1 fully saturated rings. The van der Waals surface area contributed by atoms with E-state index in [0.29, 0.717) is 0 Å². The van der Waals surface area contributed by atoms with Crippen molar-refractivity contribution in [3.8, 4) is 0 Å². The number of rotatable bonds is 2. The molecule has 2 heterocycles. The van der Waals surface area contributed by atoms with Crippen molar-refractivity contribution in [2.45, 2.75) is 44.9 Å². The number of carbonyl (C=O) groups is 2. The molecule has 0 spiro atoms. The van der Waals surface area contributed by atoms with E-state index in [1.54, 1.807) is 4.90 Å². The van der Waals surface area contributed by atoms with Crippen molar-refractivity contribution in [3.63, 3.8) is 0 Å². The van der Waals surface area contributed by atoms with Crippen molar-refractivity contribution < 1.29 is 9.59 Å². The summed E-state index contributed by atoms with van der Waals surface area (Å²) in [5.74, 6) is 0.0969. The normalized spacial score (nSPS) is 20.7. The minimum absolute atomic E-state index is 0.0249. The highest BCUT2D eigenvalue weighted by atomic mass is 16.2. The average Bonchev–Trinajstić information content (AvgIpc) is 2.74. The molecule has 0 saturated carbocycles. The first kappa shape index (κ1) is 15.1. The fourth-order valence-corrected chi connectivity index (χ4v) is 3.51. The Bertz CT molecular complexity index is 587. The number of hydrogen-bond acceptors (Lipinski definition) is 2. The quantitative estimate of drug-likeness (QED) is 0.842. The molecule has 4 nitrogen and oxygen atoms in total. The monoisotopic (exact) mass is 300 g/mol. The zero-order valence-electron chi connectivity index (χ0n) is 13.5. The Morgan fingerprint density at radius 3 is 2.41 bits per heavy atom. The van der Waals surface area contributed by atoms with Crippen molar-refractivity contribution >= 4 is 17.5 Å². The number of likely N-dealkylation sites (tertiary alicyclic amines) is 1. The zero-order chi connectivity index (χ0) is 15.7. The largest absolute Gasteiger partial charge is 0.341 e. The van der Waals surface area contributed by atoms with Crippen molar-refractivity contribution in [1.82, 2.24) is 4.90 Å². The topological polar surface area (TPSA) is 40.6 Å². The summed E-state index contributed by atoms with van der Waals surface area (Å²) in [7, 11) is 0. The molecule has 2 aliphatic heterocycles. The first-order valence-corrected chi connectivity index (χ1v) is 8.21. The van der Waals surface area contributed by atoms with E-state index >= 15 is 0 Å². The Morgan fingerprint density at radius 2 is 1.73 bits per heavy atom. The van der Waals surface area contributed by atoms with Gasteiger partial charge < -0.3 is 9.80 Å². The van der Waals surface area contributed by atoms with Crippen LogP contribution in [-0.2, 0) is 15.0 Å². The maximum Gasteiger partial charge on any atom is 0.242 e. The van der Waals surface area contributed by atoms with Gasteiger partial charge in [0.25, 0.3) is 0 Å². The van der Waals surface area contributed by atoms with E-state index in [9.17, 15) is 9.59 Å². The Morgan fingerprint density at radius 1 is 1.09 bits per heavy atom. The second-order valence-corrected chi connectivity index (χ2v) is 6.83. The van der Waals surface area contributed by atoms with E-state index in [0.717, 1.165) is 37.2 Å². The van der Waals surface area contributed by atoms with Crippen LogP contribution in [0.4, 0.5) is 5.69 Å². The minimum atomic E-state index is -0.546. The third kappa shape index (κ3) is 2.51. The standard InChI is InChI=1S/C18H24N2O2/c1-18(2)14-9-5-6-10-15(14)20(17(18)22)13-16(21)19-11-7-3-4-8-12-19/h5-6,9-10H,3-4,7-8,11-13H2,1-2H3. The van der Waals surface area contributed by atoms with Gasteiger partial charge in [-0.05, 0) is 38.3 Å². The van der Waals surface area contributed by atoms with E-state index in [1.165, 1.54) is 12.8 Å². The number of nitrogens with zero attached hydrogens (tertiary/aromatic N) is 2. The number of fused-ring (bicyclic) bond motifs is 1. The Kier molecular flexibility index (Phi) is 3.94. The molecule has 0 aliphatic carbocycles. The van der Waals surface area contributed by atoms with Gasteiger partial charge in [0.2, 0.25) is 11.8 Å². The molecule has 0 radical (unpaired) electrons. The molecule has 1 aromatic rings. The summed E-state index contributed by atoms with van der Waals surface area (Å²) in [5.41, 5.74) is 1.36. The molecule has 0 unspecified atom stereocenters. The maximum atomic E-state index is 12.7. The van der Waals surface area contributed by atoms with E-state index in [2.05, 4.69) is 0 Å². The molecule has 0 bridgehead atoms. The second kappa shape index (κ2) is 5.75. The van der Waals surface area contributed by atoms with Gasteiger partial charge in [0.1, 0.15) is 6.54 Å². The van der Waals surface area contributed by atoms with Crippen LogP contribution in [-0.4, -0.2) is 36.3 Å². The molecule has 4 heteroatoms. The summed E-state index contributed by atoms with van der Waals surface area (Å²) in [6.07, 6.45) is 4.54. The van der Waals surface area contributed by atoms with E-state index < -0.39 is 5.41 Å². The number of carbonyl (C=O) groups excluding carboxylic acids is 2. The maximum absolute atomic E-state index is 12.7. The average molecular weight is 300 g/mol. The van der Waals surface area contributed by atoms with Crippen molar-refractivity contribution in [2.75, 3.05) is 24.5 Å². The molecule has 0 aromatic heterocycles.